The lowest BCUT2D eigenvalue weighted by Crippen LogP contribution is -2.26. The molecule has 4 nitrogen and oxygen atoms in total. The normalized spacial score (nSPS) is 14.8. The first-order chi connectivity index (χ1) is 7.71. The molecule has 1 atom stereocenters. The van der Waals surface area contributed by atoms with Gasteiger partial charge in [-0.05, 0) is 33.8 Å². The summed E-state index contributed by atoms with van der Waals surface area (Å²) in [6.07, 6.45) is 1.47. The van der Waals surface area contributed by atoms with E-state index in [-0.39, 0.29) is 0 Å². The fourth-order valence-corrected chi connectivity index (χ4v) is 1.83. The first-order valence-electron chi connectivity index (χ1n) is 5.10. The van der Waals surface area contributed by atoms with E-state index in [2.05, 4.69) is 9.38 Å². The molecule has 0 aromatic carbocycles. The predicted molar refractivity (Wildman–Crippen MR) is 73.8 cm³/mol. The van der Waals surface area contributed by atoms with E-state index in [1.165, 1.54) is 6.20 Å². The highest BCUT2D eigenvalue weighted by Gasteiger charge is 2.27. The van der Waals surface area contributed by atoms with Gasteiger partial charge in [-0.25, -0.2) is 4.98 Å². The van der Waals surface area contributed by atoms with Gasteiger partial charge in [-0.1, -0.05) is 16.0 Å². The number of anilines is 1. The third kappa shape index (κ3) is 3.87. The van der Waals surface area contributed by atoms with Crippen molar-refractivity contribution in [2.45, 2.75) is 32.4 Å². The number of rotatable bonds is 2. The summed E-state index contributed by atoms with van der Waals surface area (Å²) >= 11 is 4.52. The smallest absolute Gasteiger partial charge is 0.144 e. The third-order valence-electron chi connectivity index (χ3n) is 2.02. The molecule has 0 radical (unpaired) electrons. The van der Waals surface area contributed by atoms with Crippen LogP contribution in [0.25, 0.3) is 0 Å². The minimum absolute atomic E-state index is 0.335. The van der Waals surface area contributed by atoms with Crippen molar-refractivity contribution in [3.05, 3.63) is 22.8 Å². The zero-order chi connectivity index (χ0) is 13.2. The van der Waals surface area contributed by atoms with E-state index in [9.17, 15) is 4.55 Å². The summed E-state index contributed by atoms with van der Waals surface area (Å²) in [6.45, 7) is 7.33. The number of hydrogen-bond donors (Lipinski definition) is 1. The molecule has 94 valence electrons. The van der Waals surface area contributed by atoms with Crippen molar-refractivity contribution in [1.82, 2.24) is 4.98 Å². The Balaban J connectivity index is 3.08. The van der Waals surface area contributed by atoms with Crippen LogP contribution in [-0.2, 0) is 11.4 Å². The predicted octanol–water partition coefficient (Wildman–Crippen LogP) is 2.59. The fourth-order valence-electron chi connectivity index (χ4n) is 1.05. The molecule has 0 saturated carbocycles. The van der Waals surface area contributed by atoms with Crippen LogP contribution in [0.4, 0.5) is 5.82 Å². The number of pyridine rings is 1. The van der Waals surface area contributed by atoms with Crippen molar-refractivity contribution in [3.63, 3.8) is 0 Å². The van der Waals surface area contributed by atoms with E-state index in [0.29, 0.717) is 22.1 Å². The Morgan fingerprint density at radius 3 is 2.65 bits per heavy atom. The van der Waals surface area contributed by atoms with Crippen molar-refractivity contribution < 1.29 is 4.55 Å². The molecule has 0 aliphatic heterocycles. The van der Waals surface area contributed by atoms with Crippen molar-refractivity contribution >= 4 is 34.5 Å². The lowest BCUT2D eigenvalue weighted by molar-refractivity contribution is 0.561. The molecule has 1 rings (SSSR count). The van der Waals surface area contributed by atoms with Crippen molar-refractivity contribution in [2.75, 3.05) is 5.73 Å². The fraction of sp³-hybridized carbons (Fsp3) is 0.455. The number of nitrogens with two attached hydrogens (primary N) is 1. The van der Waals surface area contributed by atoms with Gasteiger partial charge in [-0.2, -0.15) is 0 Å². The maximum atomic E-state index is 11.9. The second-order valence-corrected chi connectivity index (χ2v) is 6.97. The van der Waals surface area contributed by atoms with Crippen LogP contribution in [0.15, 0.2) is 16.7 Å². The lowest BCUT2D eigenvalue weighted by atomic mass is 10.2. The van der Waals surface area contributed by atoms with Gasteiger partial charge in [0.1, 0.15) is 21.9 Å². The monoisotopic (exact) mass is 273 g/mol. The zero-order valence-corrected chi connectivity index (χ0v) is 11.9. The summed E-state index contributed by atoms with van der Waals surface area (Å²) in [5.41, 5.74) is 6.92. The molecule has 0 fully saturated rings. The summed E-state index contributed by atoms with van der Waals surface area (Å²) in [4.78, 5) is 3.94. The quantitative estimate of drug-likeness (QED) is 0.665. The summed E-state index contributed by atoms with van der Waals surface area (Å²) in [6, 6.07) is 1.67. The number of aromatic nitrogens is 1. The van der Waals surface area contributed by atoms with E-state index < -0.39 is 16.1 Å². The van der Waals surface area contributed by atoms with Gasteiger partial charge >= 0.3 is 0 Å². The standard InChI is InChI=1S/C11H16ClN3OS/c1-7(15-17(16)11(2,3)4)9-5-8(12)6-14-10(9)13/h5-6H,1-4H3,(H2,13,14)/t17-/m1/s1. The summed E-state index contributed by atoms with van der Waals surface area (Å²) in [5.74, 6) is 0.335. The van der Waals surface area contributed by atoms with Crippen molar-refractivity contribution in [3.8, 4) is 0 Å². The van der Waals surface area contributed by atoms with E-state index in [1.54, 1.807) is 13.0 Å². The third-order valence-corrected chi connectivity index (χ3v) is 3.71. The molecule has 1 heterocycles. The summed E-state index contributed by atoms with van der Waals surface area (Å²) in [7, 11) is 0. The molecule has 1 aromatic rings. The molecular weight excluding hydrogens is 258 g/mol. The largest absolute Gasteiger partial charge is 0.591 e. The summed E-state index contributed by atoms with van der Waals surface area (Å²) in [5, 5.41) is 0.477. The Hall–Kier alpha value is -0.780. The first kappa shape index (κ1) is 14.3. The molecule has 0 aliphatic carbocycles. The van der Waals surface area contributed by atoms with Crippen LogP contribution in [0.5, 0.6) is 0 Å². The van der Waals surface area contributed by atoms with Crippen molar-refractivity contribution in [2.24, 2.45) is 4.40 Å². The number of nitrogen functional groups attached to an aromatic ring is 1. The van der Waals surface area contributed by atoms with Crippen LogP contribution < -0.4 is 5.73 Å². The summed E-state index contributed by atoms with van der Waals surface area (Å²) < 4.78 is 15.6. The van der Waals surface area contributed by atoms with Gasteiger partial charge in [0.2, 0.25) is 0 Å². The molecule has 0 bridgehead atoms. The van der Waals surface area contributed by atoms with Crippen LogP contribution in [0.1, 0.15) is 33.3 Å². The highest BCUT2D eigenvalue weighted by Crippen LogP contribution is 2.21. The van der Waals surface area contributed by atoms with Gasteiger partial charge in [-0.3, -0.25) is 0 Å². The van der Waals surface area contributed by atoms with Crippen LogP contribution in [0, 0.1) is 0 Å². The average Bonchev–Trinajstić information content (AvgIpc) is 2.20. The van der Waals surface area contributed by atoms with Crippen LogP contribution in [-0.4, -0.2) is 20.0 Å². The van der Waals surface area contributed by atoms with Gasteiger partial charge in [0.25, 0.3) is 0 Å². The molecule has 0 saturated heterocycles. The highest BCUT2D eigenvalue weighted by atomic mass is 35.5. The SMILES string of the molecule is CC(=N[S@+]([O-])C(C)(C)C)c1cc(Cl)cnc1N. The zero-order valence-electron chi connectivity index (χ0n) is 10.3. The minimum atomic E-state index is -1.32. The molecule has 2 N–H and O–H groups in total. The Bertz CT molecular complexity index is 443. The molecule has 0 spiro atoms. The van der Waals surface area contributed by atoms with Gasteiger partial charge in [-0.15, -0.1) is 0 Å². The van der Waals surface area contributed by atoms with E-state index >= 15 is 0 Å². The molecule has 6 heteroatoms. The Kier molecular flexibility index (Phi) is 4.41. The molecule has 1 aromatic heterocycles. The topological polar surface area (TPSA) is 74.3 Å². The Morgan fingerprint density at radius 1 is 1.53 bits per heavy atom. The second kappa shape index (κ2) is 5.25. The van der Waals surface area contributed by atoms with Crippen LogP contribution >= 0.6 is 11.6 Å². The van der Waals surface area contributed by atoms with Crippen LogP contribution in [0.2, 0.25) is 5.02 Å². The highest BCUT2D eigenvalue weighted by molar-refractivity contribution is 7.91. The molecule has 17 heavy (non-hydrogen) atoms. The lowest BCUT2D eigenvalue weighted by Gasteiger charge is -2.18. The minimum Gasteiger partial charge on any atom is -0.591 e. The van der Waals surface area contributed by atoms with Gasteiger partial charge in [0.15, 0.2) is 0 Å². The molecule has 0 aliphatic rings. The van der Waals surface area contributed by atoms with Gasteiger partial charge in [0, 0.05) is 11.8 Å². The Morgan fingerprint density at radius 2 is 2.12 bits per heavy atom. The second-order valence-electron chi connectivity index (χ2n) is 4.62. The van der Waals surface area contributed by atoms with Crippen molar-refractivity contribution in [1.29, 1.82) is 0 Å². The van der Waals surface area contributed by atoms with E-state index in [1.807, 2.05) is 20.8 Å². The van der Waals surface area contributed by atoms with Crippen LogP contribution in [0.3, 0.4) is 0 Å². The van der Waals surface area contributed by atoms with Gasteiger partial charge < -0.3 is 10.3 Å². The maximum Gasteiger partial charge on any atom is 0.144 e. The van der Waals surface area contributed by atoms with Gasteiger partial charge in [0.05, 0.1) is 10.7 Å². The Labute approximate surface area is 110 Å². The van der Waals surface area contributed by atoms with E-state index in [4.69, 9.17) is 17.3 Å². The molecular formula is C11H16ClN3OS. The van der Waals surface area contributed by atoms with E-state index in [0.717, 1.165) is 0 Å². The molecule has 0 unspecified atom stereocenters. The number of halogens is 1. The average molecular weight is 274 g/mol. The maximum absolute atomic E-state index is 11.9. The molecule has 0 amide bonds. The first-order valence-corrected chi connectivity index (χ1v) is 6.59. The number of nitrogens with zero attached hydrogens (tertiary/aromatic N) is 2. The number of hydrogen-bond acceptors (Lipinski definition) is 4.